The first-order valence-corrected chi connectivity index (χ1v) is 12.7. The van der Waals surface area contributed by atoms with Gasteiger partial charge in [0.1, 0.15) is 5.69 Å². The van der Waals surface area contributed by atoms with E-state index in [0.717, 1.165) is 23.2 Å². The smallest absolute Gasteiger partial charge is 0.337 e. The van der Waals surface area contributed by atoms with Crippen LogP contribution < -0.4 is 5.69 Å². The fraction of sp³-hybridized carbons (Fsp3) is 0.333. The van der Waals surface area contributed by atoms with Crippen molar-refractivity contribution >= 4 is 22.8 Å². The van der Waals surface area contributed by atoms with Crippen LogP contribution in [0.2, 0.25) is 0 Å². The number of para-hydroxylation sites is 2. The Morgan fingerprint density at radius 3 is 2.41 bits per heavy atom. The van der Waals surface area contributed by atoms with Gasteiger partial charge in [-0.05, 0) is 42.7 Å². The van der Waals surface area contributed by atoms with Gasteiger partial charge < -0.3 is 14.8 Å². The Labute approximate surface area is 220 Å². The molecule has 2 aromatic carbocycles. The lowest BCUT2D eigenvalue weighted by Crippen LogP contribution is -2.40. The first-order valence-electron chi connectivity index (χ1n) is 12.7. The lowest BCUT2D eigenvalue weighted by Gasteiger charge is -2.32. The average molecular weight is 539 g/mol. The van der Waals surface area contributed by atoms with Crippen molar-refractivity contribution < 1.29 is 22.8 Å². The summed E-state index contributed by atoms with van der Waals surface area (Å²) in [6, 6.07) is 13.7. The summed E-state index contributed by atoms with van der Waals surface area (Å²) < 4.78 is 41.8. The Balaban J connectivity index is 1.12. The molecule has 4 heterocycles. The van der Waals surface area contributed by atoms with Gasteiger partial charge in [-0.2, -0.15) is 18.3 Å². The minimum absolute atomic E-state index is 0.0340. The zero-order valence-electron chi connectivity index (χ0n) is 20.8. The normalized spacial score (nSPS) is 16.6. The summed E-state index contributed by atoms with van der Waals surface area (Å²) in [6.45, 7) is 1.76. The van der Waals surface area contributed by atoms with E-state index in [4.69, 9.17) is 0 Å². The van der Waals surface area contributed by atoms with Crippen LogP contribution in [0, 0.1) is 0 Å². The topological polar surface area (TPSA) is 96.2 Å². The van der Waals surface area contributed by atoms with Crippen LogP contribution in [-0.4, -0.2) is 60.6 Å². The molecule has 4 aromatic rings. The Morgan fingerprint density at radius 1 is 0.974 bits per heavy atom. The molecule has 0 bridgehead atoms. The third-order valence-electron chi connectivity index (χ3n) is 7.48. The molecule has 2 aliphatic heterocycles. The van der Waals surface area contributed by atoms with Crippen LogP contribution in [0.1, 0.15) is 51.0 Å². The summed E-state index contributed by atoms with van der Waals surface area (Å²) in [4.78, 5) is 45.0. The molecule has 39 heavy (non-hydrogen) atoms. The third-order valence-corrected chi connectivity index (χ3v) is 7.48. The van der Waals surface area contributed by atoms with E-state index in [1.807, 2.05) is 24.3 Å². The standard InChI is InChI=1S/C27H25F3N6O3/c28-27(29,30)18-7-5-17(6-8-18)16-34-13-14-35-23(25(34)38)15-21(32-35)24(37)33-11-9-19(10-12-33)36-22-4-2-1-3-20(22)31-26(36)39/h1-8,15,19H,9-14,16H2,(H,31,39). The summed E-state index contributed by atoms with van der Waals surface area (Å²) >= 11 is 0. The van der Waals surface area contributed by atoms with Crippen LogP contribution in [-0.2, 0) is 19.3 Å². The molecule has 2 amide bonds. The second-order valence-corrected chi connectivity index (χ2v) is 9.90. The van der Waals surface area contributed by atoms with Crippen LogP contribution in [0.3, 0.4) is 0 Å². The number of nitrogens with one attached hydrogen (secondary N) is 1. The number of piperidine rings is 1. The minimum atomic E-state index is -4.42. The number of carbonyl (C=O) groups is 2. The van der Waals surface area contributed by atoms with Gasteiger partial charge in [-0.1, -0.05) is 24.3 Å². The van der Waals surface area contributed by atoms with Gasteiger partial charge in [0.05, 0.1) is 23.1 Å². The van der Waals surface area contributed by atoms with Gasteiger partial charge in [-0.25, -0.2) is 4.79 Å². The van der Waals surface area contributed by atoms with Crippen LogP contribution in [0.5, 0.6) is 0 Å². The molecule has 0 spiro atoms. The fourth-order valence-electron chi connectivity index (χ4n) is 5.44. The number of imidazole rings is 1. The van der Waals surface area contributed by atoms with E-state index in [-0.39, 0.29) is 41.5 Å². The summed E-state index contributed by atoms with van der Waals surface area (Å²) in [7, 11) is 0. The lowest BCUT2D eigenvalue weighted by atomic mass is 10.0. The van der Waals surface area contributed by atoms with E-state index >= 15 is 0 Å². The van der Waals surface area contributed by atoms with Crippen molar-refractivity contribution in [3.8, 4) is 0 Å². The fourth-order valence-corrected chi connectivity index (χ4v) is 5.44. The Bertz CT molecular complexity index is 1610. The largest absolute Gasteiger partial charge is 0.416 e. The summed E-state index contributed by atoms with van der Waals surface area (Å²) in [5, 5.41) is 4.37. The number of carbonyl (C=O) groups excluding carboxylic acids is 2. The molecule has 0 unspecified atom stereocenters. The molecule has 9 nitrogen and oxygen atoms in total. The van der Waals surface area contributed by atoms with Crippen molar-refractivity contribution in [1.29, 1.82) is 0 Å². The highest BCUT2D eigenvalue weighted by atomic mass is 19.4. The zero-order valence-corrected chi connectivity index (χ0v) is 20.8. The van der Waals surface area contributed by atoms with Gasteiger partial charge in [0.25, 0.3) is 11.8 Å². The summed E-state index contributed by atoms with van der Waals surface area (Å²) in [6.07, 6.45) is -3.19. The Morgan fingerprint density at radius 2 is 1.69 bits per heavy atom. The van der Waals surface area contributed by atoms with E-state index in [2.05, 4.69) is 10.1 Å². The summed E-state index contributed by atoms with van der Waals surface area (Å²) in [5.41, 5.74) is 1.75. The Hall–Kier alpha value is -4.35. The lowest BCUT2D eigenvalue weighted by molar-refractivity contribution is -0.137. The maximum Gasteiger partial charge on any atom is 0.416 e. The number of hydrogen-bond acceptors (Lipinski definition) is 4. The van der Waals surface area contributed by atoms with Gasteiger partial charge in [-0.15, -0.1) is 0 Å². The number of nitrogens with zero attached hydrogens (tertiary/aromatic N) is 5. The first-order chi connectivity index (χ1) is 18.7. The van der Waals surface area contributed by atoms with Gasteiger partial charge in [0.15, 0.2) is 5.69 Å². The molecule has 12 heteroatoms. The molecule has 2 aliphatic rings. The van der Waals surface area contributed by atoms with Crippen molar-refractivity contribution in [2.24, 2.45) is 0 Å². The quantitative estimate of drug-likeness (QED) is 0.429. The number of rotatable bonds is 4. The average Bonchev–Trinajstić information content (AvgIpc) is 3.51. The van der Waals surface area contributed by atoms with Crippen molar-refractivity contribution in [3.63, 3.8) is 0 Å². The highest BCUT2D eigenvalue weighted by molar-refractivity contribution is 5.98. The monoisotopic (exact) mass is 538 g/mol. The second-order valence-electron chi connectivity index (χ2n) is 9.90. The van der Waals surface area contributed by atoms with E-state index in [9.17, 15) is 27.6 Å². The SMILES string of the molecule is O=C(c1cc2n(n1)CCN(Cc1ccc(C(F)(F)F)cc1)C2=O)N1CCC(n2c(=O)[nH]c3ccccc32)CC1. The number of halogens is 3. The van der Waals surface area contributed by atoms with E-state index < -0.39 is 11.7 Å². The van der Waals surface area contributed by atoms with Crippen LogP contribution in [0.4, 0.5) is 13.2 Å². The maximum absolute atomic E-state index is 13.2. The second kappa shape index (κ2) is 9.44. The van der Waals surface area contributed by atoms with Crippen molar-refractivity contribution in [3.05, 3.63) is 87.6 Å². The number of aromatic nitrogens is 4. The molecule has 6 rings (SSSR count). The minimum Gasteiger partial charge on any atom is -0.337 e. The molecule has 1 fully saturated rings. The van der Waals surface area contributed by atoms with Gasteiger partial charge >= 0.3 is 11.9 Å². The molecule has 0 aliphatic carbocycles. The first kappa shape index (κ1) is 25.0. The number of fused-ring (bicyclic) bond motifs is 2. The number of alkyl halides is 3. The predicted octanol–water partition coefficient (Wildman–Crippen LogP) is 3.68. The third kappa shape index (κ3) is 4.59. The Kier molecular flexibility index (Phi) is 6.04. The number of benzene rings is 2. The molecule has 1 saturated heterocycles. The maximum atomic E-state index is 13.2. The predicted molar refractivity (Wildman–Crippen MR) is 135 cm³/mol. The van der Waals surface area contributed by atoms with E-state index in [1.54, 1.807) is 9.47 Å². The van der Waals surface area contributed by atoms with Crippen LogP contribution in [0.15, 0.2) is 59.4 Å². The highest BCUT2D eigenvalue weighted by Gasteiger charge is 2.33. The molecule has 0 atom stereocenters. The van der Waals surface area contributed by atoms with E-state index in [1.165, 1.54) is 27.8 Å². The number of likely N-dealkylation sites (tertiary alicyclic amines) is 1. The van der Waals surface area contributed by atoms with Gasteiger partial charge in [0, 0.05) is 38.3 Å². The molecule has 0 radical (unpaired) electrons. The number of H-pyrrole nitrogens is 1. The number of hydrogen-bond donors (Lipinski definition) is 1. The van der Waals surface area contributed by atoms with Gasteiger partial charge in [0.2, 0.25) is 0 Å². The van der Waals surface area contributed by atoms with Gasteiger partial charge in [-0.3, -0.25) is 18.8 Å². The molecular weight excluding hydrogens is 513 g/mol. The highest BCUT2D eigenvalue weighted by Crippen LogP contribution is 2.30. The number of aromatic amines is 1. The number of amides is 2. The van der Waals surface area contributed by atoms with Crippen molar-refractivity contribution in [2.75, 3.05) is 19.6 Å². The molecule has 2 aromatic heterocycles. The van der Waals surface area contributed by atoms with Crippen molar-refractivity contribution in [2.45, 2.75) is 38.1 Å². The molecular formula is C27H25F3N6O3. The van der Waals surface area contributed by atoms with E-state index in [0.29, 0.717) is 44.6 Å². The van der Waals surface area contributed by atoms with Crippen LogP contribution >= 0.6 is 0 Å². The van der Waals surface area contributed by atoms with Crippen LogP contribution in [0.25, 0.3) is 11.0 Å². The molecule has 202 valence electrons. The summed E-state index contributed by atoms with van der Waals surface area (Å²) in [5.74, 6) is -0.603. The molecule has 0 saturated carbocycles. The van der Waals surface area contributed by atoms with Crippen molar-refractivity contribution in [1.82, 2.24) is 29.1 Å². The zero-order chi connectivity index (χ0) is 27.3. The molecule has 1 N–H and O–H groups in total.